The third-order valence-electron chi connectivity index (χ3n) is 5.85. The van der Waals surface area contributed by atoms with Crippen LogP contribution in [-0.2, 0) is 24.0 Å². The van der Waals surface area contributed by atoms with Gasteiger partial charge >= 0.3 is 5.97 Å². The summed E-state index contributed by atoms with van der Waals surface area (Å²) in [5.74, 6) is -4.88. The van der Waals surface area contributed by atoms with Crippen LogP contribution in [-0.4, -0.2) is 127 Å². The number of carboxylic acid groups (broad SMARTS) is 1. The molecule has 1 aromatic heterocycles. The first-order valence-electron chi connectivity index (χ1n) is 13.0. The second kappa shape index (κ2) is 18.4. The van der Waals surface area contributed by atoms with E-state index in [0.717, 1.165) is 23.5 Å². The Balaban J connectivity index is 2.28. The van der Waals surface area contributed by atoms with Crippen molar-refractivity contribution in [2.45, 2.75) is 72.6 Å². The Kier molecular flexibility index (Phi) is 15.3. The number of nitrogens with zero attached hydrogens (tertiary/aromatic N) is 4. The van der Waals surface area contributed by atoms with Crippen molar-refractivity contribution in [1.82, 2.24) is 41.7 Å². The van der Waals surface area contributed by atoms with Gasteiger partial charge in [-0.05, 0) is 38.6 Å². The average molecular weight is 633 g/mol. The number of aliphatic hydroxyl groups is 2. The van der Waals surface area contributed by atoms with Gasteiger partial charge in [-0.2, -0.15) is 0 Å². The molecule has 1 aromatic rings. The highest BCUT2D eigenvalue weighted by atomic mass is 32.2. The van der Waals surface area contributed by atoms with Gasteiger partial charge in [0.2, 0.25) is 33.9 Å². The van der Waals surface area contributed by atoms with E-state index in [1.165, 1.54) is 0 Å². The number of aliphatic hydroxyl groups excluding tert-OH is 2. The number of aromatic nitrogens is 4. The zero-order valence-corrected chi connectivity index (χ0v) is 24.2. The van der Waals surface area contributed by atoms with Gasteiger partial charge in [0, 0.05) is 18.1 Å². The van der Waals surface area contributed by atoms with Crippen LogP contribution in [0.2, 0.25) is 0 Å². The Labute approximate surface area is 249 Å². The third kappa shape index (κ3) is 11.6. The van der Waals surface area contributed by atoms with Crippen molar-refractivity contribution in [2.75, 3.05) is 31.3 Å². The molecular weight excluding hydrogens is 596 g/mol. The van der Waals surface area contributed by atoms with Crippen molar-refractivity contribution >= 4 is 53.1 Å². The molecule has 0 aliphatic carbocycles. The second-order valence-corrected chi connectivity index (χ2v) is 11.1. The number of unbranched alkanes of at least 4 members (excludes halogenated alkanes) is 1. The minimum Gasteiger partial charge on any atom is -0.480 e. The molecule has 2 aliphatic heterocycles. The number of aliphatic carboxylic acids is 1. The lowest BCUT2D eigenvalue weighted by Crippen LogP contribution is -2.60. The van der Waals surface area contributed by atoms with Crippen LogP contribution in [0.4, 0.5) is 0 Å². The fourth-order valence-corrected chi connectivity index (χ4v) is 4.99. The van der Waals surface area contributed by atoms with Gasteiger partial charge in [-0.25, -0.2) is 4.79 Å². The first-order chi connectivity index (χ1) is 20.1. The molecule has 0 saturated heterocycles. The normalized spacial score (nSPS) is 21.2. The van der Waals surface area contributed by atoms with Gasteiger partial charge in [0.15, 0.2) is 0 Å². The van der Waals surface area contributed by atoms with E-state index in [-0.39, 0.29) is 47.7 Å². The summed E-state index contributed by atoms with van der Waals surface area (Å²) in [5.41, 5.74) is 11.3. The molecule has 0 saturated carbocycles. The van der Waals surface area contributed by atoms with Gasteiger partial charge in [-0.3, -0.25) is 19.2 Å². The maximum absolute atomic E-state index is 13.1. The van der Waals surface area contributed by atoms with E-state index < -0.39 is 66.4 Å². The number of thioether (sulfide) groups is 2. The standard InChI is InChI=1S/C22H36N10O8S2/c23-6-2-1-5-12(20(39)40)25-18(37)15-10-42-22-31-29-21(30-32-22)41-9-14(27-16(35)11(24)4-3-7-33)19(38)26-13(8-34)17(36)28-15/h11-15,33-34H,1-10,23-24H2,(H,25,37)(H,26,38)(H,27,35)(H,28,36)(H,39,40)/t11-,12-,13-,14-,15-/m0/s1. The fraction of sp³-hybridized carbons (Fsp3) is 0.682. The smallest absolute Gasteiger partial charge is 0.326 e. The van der Waals surface area contributed by atoms with Gasteiger partial charge < -0.3 is 48.1 Å². The highest BCUT2D eigenvalue weighted by Crippen LogP contribution is 2.17. The maximum atomic E-state index is 13.1. The van der Waals surface area contributed by atoms with E-state index in [4.69, 9.17) is 16.6 Å². The van der Waals surface area contributed by atoms with Crippen LogP contribution >= 0.6 is 23.5 Å². The monoisotopic (exact) mass is 632 g/mol. The second-order valence-electron chi connectivity index (χ2n) is 9.11. The number of hydrogen-bond acceptors (Lipinski definition) is 15. The van der Waals surface area contributed by atoms with E-state index in [1.807, 2.05) is 0 Å². The highest BCUT2D eigenvalue weighted by molar-refractivity contribution is 7.99. The van der Waals surface area contributed by atoms with Crippen molar-refractivity contribution < 1.29 is 39.3 Å². The molecule has 0 radical (unpaired) electrons. The Morgan fingerprint density at radius 3 is 2.17 bits per heavy atom. The average Bonchev–Trinajstić information content (AvgIpc) is 2.98. The Morgan fingerprint density at radius 1 is 0.952 bits per heavy atom. The summed E-state index contributed by atoms with van der Waals surface area (Å²) in [6.45, 7) is -0.683. The highest BCUT2D eigenvalue weighted by Gasteiger charge is 2.32. The number of hydrogen-bond donors (Lipinski definition) is 9. The van der Waals surface area contributed by atoms with Gasteiger partial charge in [0.25, 0.3) is 0 Å². The van der Waals surface area contributed by atoms with Gasteiger partial charge in [0.1, 0.15) is 24.2 Å². The number of carbonyl (C=O) groups is 5. The molecule has 2 bridgehead atoms. The van der Waals surface area contributed by atoms with E-state index in [1.54, 1.807) is 0 Å². The van der Waals surface area contributed by atoms with Crippen molar-refractivity contribution in [2.24, 2.45) is 11.5 Å². The van der Waals surface area contributed by atoms with Crippen molar-refractivity contribution in [3.8, 4) is 0 Å². The summed E-state index contributed by atoms with van der Waals surface area (Å²) in [6.07, 6.45) is 1.51. The van der Waals surface area contributed by atoms with Crippen LogP contribution < -0.4 is 32.7 Å². The van der Waals surface area contributed by atoms with Crippen LogP contribution in [0, 0.1) is 0 Å². The van der Waals surface area contributed by atoms with Crippen LogP contribution in [0.25, 0.3) is 0 Å². The maximum Gasteiger partial charge on any atom is 0.326 e. The number of carboxylic acids is 1. The summed E-state index contributed by atoms with van der Waals surface area (Å²) in [6, 6.07) is -6.41. The predicted molar refractivity (Wildman–Crippen MR) is 149 cm³/mol. The Hall–Kier alpha value is -3.17. The topological polar surface area (TPSA) is 298 Å². The molecule has 5 atom stereocenters. The van der Waals surface area contributed by atoms with Crippen LogP contribution in [0.3, 0.4) is 0 Å². The Morgan fingerprint density at radius 2 is 1.60 bits per heavy atom. The molecular formula is C22H36N10O8S2. The van der Waals surface area contributed by atoms with Crippen LogP contribution in [0.5, 0.6) is 0 Å². The first-order valence-corrected chi connectivity index (χ1v) is 15.0. The predicted octanol–water partition coefficient (Wildman–Crippen LogP) is -4.29. The lowest BCUT2D eigenvalue weighted by molar-refractivity contribution is -0.142. The number of rotatable bonds is 13. The molecule has 2 aliphatic rings. The zero-order chi connectivity index (χ0) is 31.1. The molecule has 3 heterocycles. The molecule has 3 rings (SSSR count). The number of nitrogens with one attached hydrogen (secondary N) is 4. The molecule has 11 N–H and O–H groups in total. The first kappa shape index (κ1) is 35.0. The Bertz CT molecular complexity index is 1070. The molecule has 42 heavy (non-hydrogen) atoms. The summed E-state index contributed by atoms with van der Waals surface area (Å²) in [4.78, 5) is 63.5. The van der Waals surface area contributed by atoms with E-state index >= 15 is 0 Å². The minimum absolute atomic E-state index is 0.0478. The van der Waals surface area contributed by atoms with Gasteiger partial charge in [0.05, 0.1) is 12.6 Å². The molecule has 0 unspecified atom stereocenters. The summed E-state index contributed by atoms with van der Waals surface area (Å²) >= 11 is 1.84. The van der Waals surface area contributed by atoms with Crippen LogP contribution in [0.15, 0.2) is 10.3 Å². The molecule has 18 nitrogen and oxygen atoms in total. The SMILES string of the molecule is NCCCC[C@H](NC(=O)[C@@H]1CSc2nnc(nn2)SC[C@H](NC(=O)[C@@H](N)CCCO)C(=O)N[C@@H](CO)C(=O)N1)C(=O)O. The number of nitrogens with two attached hydrogens (primary N) is 2. The summed E-state index contributed by atoms with van der Waals surface area (Å²) in [7, 11) is 0. The van der Waals surface area contributed by atoms with Crippen molar-refractivity contribution in [3.63, 3.8) is 0 Å². The third-order valence-corrected chi connectivity index (χ3v) is 7.70. The number of amides is 4. The van der Waals surface area contributed by atoms with E-state index in [2.05, 4.69) is 41.7 Å². The number of carbonyl (C=O) groups excluding carboxylic acids is 4. The lowest BCUT2D eigenvalue weighted by Gasteiger charge is -2.25. The summed E-state index contributed by atoms with van der Waals surface area (Å²) in [5, 5.41) is 53.8. The number of fused-ring (bicyclic) bond motifs is 12. The fourth-order valence-electron chi connectivity index (χ4n) is 3.49. The molecule has 234 valence electrons. The minimum atomic E-state index is -1.53. The van der Waals surface area contributed by atoms with E-state index in [9.17, 15) is 34.2 Å². The molecule has 0 aromatic carbocycles. The molecule has 20 heteroatoms. The van der Waals surface area contributed by atoms with E-state index in [0.29, 0.717) is 19.4 Å². The zero-order valence-electron chi connectivity index (χ0n) is 22.6. The van der Waals surface area contributed by atoms with Gasteiger partial charge in [-0.15, -0.1) is 20.4 Å². The van der Waals surface area contributed by atoms with Crippen molar-refractivity contribution in [1.29, 1.82) is 0 Å². The molecule has 0 spiro atoms. The largest absolute Gasteiger partial charge is 0.480 e. The van der Waals surface area contributed by atoms with Gasteiger partial charge in [-0.1, -0.05) is 23.5 Å². The lowest BCUT2D eigenvalue weighted by atomic mass is 10.1. The van der Waals surface area contributed by atoms with Crippen LogP contribution in [0.1, 0.15) is 32.1 Å². The molecule has 0 fully saturated rings. The van der Waals surface area contributed by atoms with Crippen molar-refractivity contribution in [3.05, 3.63) is 0 Å². The molecule has 4 amide bonds. The summed E-state index contributed by atoms with van der Waals surface area (Å²) < 4.78 is 0. The quantitative estimate of drug-likeness (QED) is 0.0929.